The zero-order chi connectivity index (χ0) is 13.8. The van der Waals surface area contributed by atoms with Crippen LogP contribution in [-0.2, 0) is 14.3 Å². The summed E-state index contributed by atoms with van der Waals surface area (Å²) in [5.74, 6) is -0.325. The molecule has 0 aliphatic heterocycles. The Morgan fingerprint density at radius 1 is 1.33 bits per heavy atom. The minimum absolute atomic E-state index is 0.131. The zero-order valence-electron chi connectivity index (χ0n) is 11.0. The second-order valence-electron chi connectivity index (χ2n) is 5.66. The number of hydrogen-bond acceptors (Lipinski definition) is 4. The number of carbonyl (C=O) groups is 2. The van der Waals surface area contributed by atoms with Gasteiger partial charge < -0.3 is 14.8 Å². The van der Waals surface area contributed by atoms with Gasteiger partial charge in [-0.05, 0) is 39.0 Å². The lowest BCUT2D eigenvalue weighted by molar-refractivity contribution is -0.143. The van der Waals surface area contributed by atoms with Crippen LogP contribution in [0.15, 0.2) is 0 Å². The molecule has 1 amide bonds. The van der Waals surface area contributed by atoms with Gasteiger partial charge in [-0.1, -0.05) is 11.6 Å². The fourth-order valence-corrected chi connectivity index (χ4v) is 1.71. The van der Waals surface area contributed by atoms with Gasteiger partial charge in [-0.15, -0.1) is 0 Å². The molecule has 0 atom stereocenters. The number of esters is 1. The number of carbonyl (C=O) groups excluding carboxylic acids is 2. The largest absolute Gasteiger partial charge is 0.449 e. The number of halogens is 1. The Balaban J connectivity index is 2.30. The number of rotatable bonds is 5. The summed E-state index contributed by atoms with van der Waals surface area (Å²) >= 11 is 5.31. The number of nitrogens with one attached hydrogen (secondary N) is 1. The number of alkyl carbamates (subject to hydrolysis) is 1. The third-order valence-electron chi connectivity index (χ3n) is 2.70. The van der Waals surface area contributed by atoms with E-state index in [1.807, 2.05) is 0 Å². The molecule has 5 nitrogen and oxygen atoms in total. The lowest BCUT2D eigenvalue weighted by Gasteiger charge is -2.21. The lowest BCUT2D eigenvalue weighted by Crippen LogP contribution is -2.36. The molecule has 1 saturated carbocycles. The van der Waals surface area contributed by atoms with Gasteiger partial charge in [0.15, 0.2) is 6.07 Å². The van der Waals surface area contributed by atoms with Gasteiger partial charge in [0.2, 0.25) is 0 Å². The van der Waals surface area contributed by atoms with Crippen molar-refractivity contribution in [2.75, 3.05) is 12.6 Å². The highest BCUT2D eigenvalue weighted by molar-refractivity contribution is 6.17. The molecular weight excluding hydrogens is 258 g/mol. The SMILES string of the molecule is CC(C)(C)OC(=O)NCC1(CC(=O)OCCl)CC1. The summed E-state index contributed by atoms with van der Waals surface area (Å²) in [6.07, 6.45) is 1.63. The van der Waals surface area contributed by atoms with E-state index in [2.05, 4.69) is 10.1 Å². The fraction of sp³-hybridized carbons (Fsp3) is 0.833. The summed E-state index contributed by atoms with van der Waals surface area (Å²) in [5, 5.41) is 2.69. The van der Waals surface area contributed by atoms with Crippen LogP contribution in [0.5, 0.6) is 0 Å². The van der Waals surface area contributed by atoms with Crippen molar-refractivity contribution in [3.05, 3.63) is 0 Å². The van der Waals surface area contributed by atoms with Gasteiger partial charge in [0.1, 0.15) is 5.60 Å². The van der Waals surface area contributed by atoms with Gasteiger partial charge in [-0.2, -0.15) is 0 Å². The van der Waals surface area contributed by atoms with Crippen molar-refractivity contribution in [1.29, 1.82) is 0 Å². The topological polar surface area (TPSA) is 64.6 Å². The van der Waals surface area contributed by atoms with Crippen molar-refractivity contribution < 1.29 is 19.1 Å². The van der Waals surface area contributed by atoms with Gasteiger partial charge in [0.05, 0.1) is 6.42 Å². The van der Waals surface area contributed by atoms with Crippen molar-refractivity contribution in [1.82, 2.24) is 5.32 Å². The first-order chi connectivity index (χ1) is 8.26. The molecule has 0 radical (unpaired) electrons. The third-order valence-corrected chi connectivity index (χ3v) is 2.81. The van der Waals surface area contributed by atoms with Crippen molar-refractivity contribution in [3.63, 3.8) is 0 Å². The highest BCUT2D eigenvalue weighted by Gasteiger charge is 2.45. The van der Waals surface area contributed by atoms with Gasteiger partial charge in [0, 0.05) is 6.54 Å². The summed E-state index contributed by atoms with van der Waals surface area (Å²) in [4.78, 5) is 22.8. The Bertz CT molecular complexity index is 321. The molecule has 1 aliphatic rings. The molecule has 0 unspecified atom stereocenters. The summed E-state index contributed by atoms with van der Waals surface area (Å²) in [7, 11) is 0. The van der Waals surface area contributed by atoms with Crippen molar-refractivity contribution in [2.45, 2.75) is 45.6 Å². The van der Waals surface area contributed by atoms with Gasteiger partial charge in [0.25, 0.3) is 0 Å². The standard InChI is InChI=1S/C12H20ClNO4/c1-11(2,3)18-10(16)14-7-12(4-5-12)6-9(15)17-8-13/h4-8H2,1-3H3,(H,14,16). The molecule has 0 aromatic heterocycles. The monoisotopic (exact) mass is 277 g/mol. The van der Waals surface area contributed by atoms with Crippen LogP contribution in [0.3, 0.4) is 0 Å². The second kappa shape index (κ2) is 5.78. The molecule has 0 bridgehead atoms. The van der Waals surface area contributed by atoms with Crippen LogP contribution in [0.25, 0.3) is 0 Å². The summed E-state index contributed by atoms with van der Waals surface area (Å²) in [6, 6.07) is -0.131. The van der Waals surface area contributed by atoms with E-state index < -0.39 is 11.7 Å². The average Bonchev–Trinajstić information content (AvgIpc) is 2.93. The maximum absolute atomic E-state index is 11.5. The Morgan fingerprint density at radius 3 is 2.39 bits per heavy atom. The Kier molecular flexibility index (Phi) is 4.85. The van der Waals surface area contributed by atoms with Crippen LogP contribution in [0.1, 0.15) is 40.0 Å². The molecule has 104 valence electrons. The first kappa shape index (κ1) is 15.1. The zero-order valence-corrected chi connectivity index (χ0v) is 11.8. The van der Waals surface area contributed by atoms with Crippen LogP contribution in [-0.4, -0.2) is 30.3 Å². The molecular formula is C12H20ClNO4. The number of hydrogen-bond donors (Lipinski definition) is 1. The highest BCUT2D eigenvalue weighted by atomic mass is 35.5. The van der Waals surface area contributed by atoms with Crippen molar-refractivity contribution >= 4 is 23.7 Å². The van der Waals surface area contributed by atoms with Crippen LogP contribution in [0.2, 0.25) is 0 Å². The van der Waals surface area contributed by atoms with E-state index in [0.29, 0.717) is 6.54 Å². The van der Waals surface area contributed by atoms with Crippen molar-refractivity contribution in [2.24, 2.45) is 5.41 Å². The van der Waals surface area contributed by atoms with E-state index in [0.717, 1.165) is 12.8 Å². The number of alkyl halides is 1. The van der Waals surface area contributed by atoms with E-state index in [1.165, 1.54) is 0 Å². The highest BCUT2D eigenvalue weighted by Crippen LogP contribution is 2.48. The van der Waals surface area contributed by atoms with E-state index in [4.69, 9.17) is 16.3 Å². The Hall–Kier alpha value is -0.970. The van der Waals surface area contributed by atoms with Crippen LogP contribution >= 0.6 is 11.6 Å². The van der Waals surface area contributed by atoms with Gasteiger partial charge in [-0.25, -0.2) is 4.79 Å². The molecule has 0 aromatic rings. The minimum atomic E-state index is -0.516. The molecule has 0 saturated heterocycles. The third kappa shape index (κ3) is 5.58. The first-order valence-corrected chi connectivity index (χ1v) is 6.48. The predicted octanol–water partition coefficient (Wildman–Crippen LogP) is 2.42. The second-order valence-corrected chi connectivity index (χ2v) is 5.88. The predicted molar refractivity (Wildman–Crippen MR) is 67.3 cm³/mol. The molecule has 1 rings (SSSR count). The Morgan fingerprint density at radius 2 is 1.94 bits per heavy atom. The quantitative estimate of drug-likeness (QED) is 0.619. The van der Waals surface area contributed by atoms with Gasteiger partial charge in [-0.3, -0.25) is 4.79 Å². The molecule has 1 fully saturated rings. The molecule has 6 heteroatoms. The maximum atomic E-state index is 11.5. The maximum Gasteiger partial charge on any atom is 0.407 e. The van der Waals surface area contributed by atoms with E-state index in [1.54, 1.807) is 20.8 Å². The van der Waals surface area contributed by atoms with Crippen molar-refractivity contribution in [3.8, 4) is 0 Å². The minimum Gasteiger partial charge on any atom is -0.449 e. The van der Waals surface area contributed by atoms with Crippen LogP contribution in [0.4, 0.5) is 4.79 Å². The normalized spacial score (nSPS) is 16.9. The summed E-state index contributed by atoms with van der Waals surface area (Å²) in [5.41, 5.74) is -0.682. The van der Waals surface area contributed by atoms with E-state index >= 15 is 0 Å². The first-order valence-electron chi connectivity index (χ1n) is 5.95. The smallest absolute Gasteiger partial charge is 0.407 e. The molecule has 0 heterocycles. The summed E-state index contributed by atoms with van der Waals surface area (Å²) < 4.78 is 9.81. The number of ether oxygens (including phenoxy) is 2. The molecule has 1 N–H and O–H groups in total. The van der Waals surface area contributed by atoms with Gasteiger partial charge >= 0.3 is 12.1 Å². The molecule has 0 spiro atoms. The molecule has 1 aliphatic carbocycles. The lowest BCUT2D eigenvalue weighted by atomic mass is 10.0. The average molecular weight is 278 g/mol. The molecule has 18 heavy (non-hydrogen) atoms. The summed E-state index contributed by atoms with van der Waals surface area (Å²) in [6.45, 7) is 5.84. The molecule has 0 aromatic carbocycles. The van der Waals surface area contributed by atoms with Crippen LogP contribution in [0, 0.1) is 5.41 Å². The van der Waals surface area contributed by atoms with E-state index in [9.17, 15) is 9.59 Å². The van der Waals surface area contributed by atoms with Crippen LogP contribution < -0.4 is 5.32 Å². The fourth-order valence-electron chi connectivity index (χ4n) is 1.58. The number of amides is 1. The Labute approximate surface area is 112 Å². The van der Waals surface area contributed by atoms with E-state index in [-0.39, 0.29) is 23.9 Å².